The van der Waals surface area contributed by atoms with Crippen molar-refractivity contribution in [2.45, 2.75) is 26.6 Å². The van der Waals surface area contributed by atoms with Crippen LogP contribution in [-0.2, 0) is 20.9 Å². The number of cyclic esters (lactones) is 1. The molecule has 3 heteroatoms. The fraction of sp³-hybridized carbons (Fsp3) is 0.462. The van der Waals surface area contributed by atoms with Crippen molar-refractivity contribution in [2.24, 2.45) is 5.41 Å². The Labute approximate surface area is 95.4 Å². The predicted octanol–water partition coefficient (Wildman–Crippen LogP) is 2.15. The van der Waals surface area contributed by atoms with E-state index in [0.29, 0.717) is 13.2 Å². The molecule has 86 valence electrons. The summed E-state index contributed by atoms with van der Waals surface area (Å²) in [7, 11) is 0. The standard InChI is InChI=1S/C13H16O3/c1-13(2)11(9-16-12(13)14)15-8-10-6-4-3-5-7-10/h3-7,11H,8-9H2,1-2H3/t11-/m0/s1. The average Bonchev–Trinajstić information content (AvgIpc) is 2.53. The van der Waals surface area contributed by atoms with Gasteiger partial charge in [0.1, 0.15) is 12.7 Å². The Kier molecular flexibility index (Phi) is 2.97. The number of carbonyl (C=O) groups is 1. The van der Waals surface area contributed by atoms with E-state index in [1.807, 2.05) is 44.2 Å². The van der Waals surface area contributed by atoms with E-state index in [0.717, 1.165) is 5.56 Å². The Hall–Kier alpha value is -1.35. The molecule has 1 saturated heterocycles. The van der Waals surface area contributed by atoms with Gasteiger partial charge in [-0.1, -0.05) is 30.3 Å². The Morgan fingerprint density at radius 2 is 2.06 bits per heavy atom. The van der Waals surface area contributed by atoms with Crippen molar-refractivity contribution < 1.29 is 14.3 Å². The molecule has 0 aliphatic carbocycles. The van der Waals surface area contributed by atoms with Crippen LogP contribution in [0.15, 0.2) is 30.3 Å². The molecule has 0 unspecified atom stereocenters. The minimum absolute atomic E-state index is 0.153. The van der Waals surface area contributed by atoms with Crippen LogP contribution in [0.3, 0.4) is 0 Å². The third-order valence-electron chi connectivity index (χ3n) is 2.99. The van der Waals surface area contributed by atoms with Gasteiger partial charge in [0, 0.05) is 0 Å². The predicted molar refractivity (Wildman–Crippen MR) is 59.8 cm³/mol. The van der Waals surface area contributed by atoms with Crippen LogP contribution in [0, 0.1) is 5.41 Å². The van der Waals surface area contributed by atoms with Crippen LogP contribution in [0.4, 0.5) is 0 Å². The van der Waals surface area contributed by atoms with Crippen molar-refractivity contribution in [3.05, 3.63) is 35.9 Å². The van der Waals surface area contributed by atoms with Gasteiger partial charge in [-0.3, -0.25) is 4.79 Å². The summed E-state index contributed by atoms with van der Waals surface area (Å²) in [6, 6.07) is 9.92. The van der Waals surface area contributed by atoms with Gasteiger partial charge in [0.05, 0.1) is 12.0 Å². The number of rotatable bonds is 3. The van der Waals surface area contributed by atoms with E-state index in [1.165, 1.54) is 0 Å². The minimum atomic E-state index is -0.533. The van der Waals surface area contributed by atoms with E-state index >= 15 is 0 Å². The van der Waals surface area contributed by atoms with Crippen LogP contribution in [0.25, 0.3) is 0 Å². The topological polar surface area (TPSA) is 35.5 Å². The van der Waals surface area contributed by atoms with Crippen molar-refractivity contribution >= 4 is 5.97 Å². The minimum Gasteiger partial charge on any atom is -0.462 e. The summed E-state index contributed by atoms with van der Waals surface area (Å²) in [6.07, 6.45) is -0.153. The fourth-order valence-corrected chi connectivity index (χ4v) is 1.70. The number of hydrogen-bond donors (Lipinski definition) is 0. The van der Waals surface area contributed by atoms with Crippen LogP contribution in [0.1, 0.15) is 19.4 Å². The average molecular weight is 220 g/mol. The van der Waals surface area contributed by atoms with Gasteiger partial charge in [0.25, 0.3) is 0 Å². The molecule has 1 aromatic rings. The highest BCUT2D eigenvalue weighted by atomic mass is 16.6. The van der Waals surface area contributed by atoms with Crippen LogP contribution in [0.5, 0.6) is 0 Å². The number of carbonyl (C=O) groups excluding carboxylic acids is 1. The molecule has 3 nitrogen and oxygen atoms in total. The Bertz CT molecular complexity index is 370. The van der Waals surface area contributed by atoms with Gasteiger partial charge in [0.15, 0.2) is 0 Å². The van der Waals surface area contributed by atoms with E-state index in [2.05, 4.69) is 0 Å². The lowest BCUT2D eigenvalue weighted by Gasteiger charge is -2.21. The van der Waals surface area contributed by atoms with Crippen molar-refractivity contribution in [3.63, 3.8) is 0 Å². The van der Waals surface area contributed by atoms with Crippen LogP contribution >= 0.6 is 0 Å². The van der Waals surface area contributed by atoms with E-state index in [1.54, 1.807) is 0 Å². The summed E-state index contributed by atoms with van der Waals surface area (Å²) in [5.74, 6) is -0.175. The summed E-state index contributed by atoms with van der Waals surface area (Å²) < 4.78 is 10.7. The second kappa shape index (κ2) is 4.26. The van der Waals surface area contributed by atoms with Gasteiger partial charge in [-0.2, -0.15) is 0 Å². The number of esters is 1. The molecule has 0 radical (unpaired) electrons. The summed E-state index contributed by atoms with van der Waals surface area (Å²) in [6.45, 7) is 4.60. The quantitative estimate of drug-likeness (QED) is 0.732. The molecule has 1 fully saturated rings. The van der Waals surface area contributed by atoms with Gasteiger partial charge in [0.2, 0.25) is 0 Å². The first-order chi connectivity index (χ1) is 7.60. The largest absolute Gasteiger partial charge is 0.462 e. The first-order valence-electron chi connectivity index (χ1n) is 5.43. The second-order valence-electron chi connectivity index (χ2n) is 4.61. The first kappa shape index (κ1) is 11.1. The van der Waals surface area contributed by atoms with Crippen molar-refractivity contribution in [3.8, 4) is 0 Å². The zero-order valence-electron chi connectivity index (χ0n) is 9.60. The van der Waals surface area contributed by atoms with Gasteiger partial charge in [-0.15, -0.1) is 0 Å². The first-order valence-corrected chi connectivity index (χ1v) is 5.43. The highest BCUT2D eigenvalue weighted by Crippen LogP contribution is 2.31. The van der Waals surface area contributed by atoms with Crippen molar-refractivity contribution in [2.75, 3.05) is 6.61 Å². The fourth-order valence-electron chi connectivity index (χ4n) is 1.70. The molecular formula is C13H16O3. The summed E-state index contributed by atoms with van der Waals surface area (Å²) in [5, 5.41) is 0. The molecule has 0 saturated carbocycles. The third-order valence-corrected chi connectivity index (χ3v) is 2.99. The summed E-state index contributed by atoms with van der Waals surface area (Å²) in [5.41, 5.74) is 0.576. The number of hydrogen-bond acceptors (Lipinski definition) is 3. The number of ether oxygens (including phenoxy) is 2. The lowest BCUT2D eigenvalue weighted by molar-refractivity contribution is -0.145. The molecule has 1 aliphatic rings. The van der Waals surface area contributed by atoms with Crippen LogP contribution in [0.2, 0.25) is 0 Å². The van der Waals surface area contributed by atoms with Gasteiger partial charge >= 0.3 is 5.97 Å². The third kappa shape index (κ3) is 2.09. The number of benzene rings is 1. The maximum absolute atomic E-state index is 11.4. The molecule has 1 atom stereocenters. The van der Waals surface area contributed by atoms with E-state index in [4.69, 9.17) is 9.47 Å². The van der Waals surface area contributed by atoms with E-state index in [9.17, 15) is 4.79 Å². The Balaban J connectivity index is 1.94. The van der Waals surface area contributed by atoms with Gasteiger partial charge in [-0.05, 0) is 19.4 Å². The molecule has 1 aliphatic heterocycles. The summed E-state index contributed by atoms with van der Waals surface area (Å²) >= 11 is 0. The molecule has 0 amide bonds. The molecule has 0 spiro atoms. The highest BCUT2D eigenvalue weighted by Gasteiger charge is 2.45. The maximum Gasteiger partial charge on any atom is 0.314 e. The molecule has 2 rings (SSSR count). The molecular weight excluding hydrogens is 204 g/mol. The van der Waals surface area contributed by atoms with Crippen LogP contribution < -0.4 is 0 Å². The summed E-state index contributed by atoms with van der Waals surface area (Å²) in [4.78, 5) is 11.4. The second-order valence-corrected chi connectivity index (χ2v) is 4.61. The molecule has 1 heterocycles. The molecule has 1 aromatic carbocycles. The zero-order valence-corrected chi connectivity index (χ0v) is 9.60. The SMILES string of the molecule is CC1(C)C(=O)OC[C@@H]1OCc1ccccc1. The maximum atomic E-state index is 11.4. The van der Waals surface area contributed by atoms with Gasteiger partial charge in [-0.25, -0.2) is 0 Å². The molecule has 0 aromatic heterocycles. The van der Waals surface area contributed by atoms with E-state index < -0.39 is 5.41 Å². The highest BCUT2D eigenvalue weighted by molar-refractivity contribution is 5.78. The Morgan fingerprint density at radius 3 is 2.62 bits per heavy atom. The van der Waals surface area contributed by atoms with E-state index in [-0.39, 0.29) is 12.1 Å². The smallest absolute Gasteiger partial charge is 0.314 e. The van der Waals surface area contributed by atoms with Crippen molar-refractivity contribution in [1.82, 2.24) is 0 Å². The molecule has 0 N–H and O–H groups in total. The lowest BCUT2D eigenvalue weighted by Crippen LogP contribution is -2.32. The zero-order chi connectivity index (χ0) is 11.6. The molecule has 0 bridgehead atoms. The molecule has 16 heavy (non-hydrogen) atoms. The van der Waals surface area contributed by atoms with Crippen LogP contribution in [-0.4, -0.2) is 18.7 Å². The van der Waals surface area contributed by atoms with Crippen molar-refractivity contribution in [1.29, 1.82) is 0 Å². The monoisotopic (exact) mass is 220 g/mol. The van der Waals surface area contributed by atoms with Gasteiger partial charge < -0.3 is 9.47 Å². The normalized spacial score (nSPS) is 23.1. The lowest BCUT2D eigenvalue weighted by atomic mass is 9.89. The Morgan fingerprint density at radius 1 is 1.38 bits per heavy atom.